The summed E-state index contributed by atoms with van der Waals surface area (Å²) in [6.07, 6.45) is 6.31. The fourth-order valence-corrected chi connectivity index (χ4v) is 1.54. The minimum absolute atomic E-state index is 0.293. The number of hydrogen-bond acceptors (Lipinski definition) is 1. The molecule has 1 atom stereocenters. The maximum Gasteiger partial charge on any atom is 0.119 e. The lowest BCUT2D eigenvalue weighted by Crippen LogP contribution is -1.99. The molecule has 0 aromatic heterocycles. The Morgan fingerprint density at radius 2 is 2.20 bits per heavy atom. The zero-order chi connectivity index (χ0) is 11.3. The van der Waals surface area contributed by atoms with E-state index in [-0.39, 0.29) is 0 Å². The van der Waals surface area contributed by atoms with E-state index >= 15 is 0 Å². The van der Waals surface area contributed by atoms with Gasteiger partial charge in [-0.2, -0.15) is 0 Å². The summed E-state index contributed by atoms with van der Waals surface area (Å²) in [5.74, 6) is 3.98. The average Bonchev–Trinajstić information content (AvgIpc) is 2.22. The topological polar surface area (TPSA) is 9.23 Å². The second kappa shape index (κ2) is 5.46. The Morgan fingerprint density at radius 3 is 2.73 bits per heavy atom. The Hall–Kier alpha value is -1.42. The fraction of sp³-hybridized carbons (Fsp3) is 0.429. The molecule has 0 spiro atoms. The number of ether oxygens (including phenoxy) is 1. The smallest absolute Gasteiger partial charge is 0.119 e. The molecule has 1 unspecified atom stereocenters. The van der Waals surface area contributed by atoms with Crippen molar-refractivity contribution in [3.05, 3.63) is 29.3 Å². The van der Waals surface area contributed by atoms with Crippen LogP contribution in [-0.2, 0) is 6.42 Å². The third kappa shape index (κ3) is 3.32. The summed E-state index contributed by atoms with van der Waals surface area (Å²) in [4.78, 5) is 0. The van der Waals surface area contributed by atoms with E-state index in [1.165, 1.54) is 11.1 Å². The van der Waals surface area contributed by atoms with Crippen molar-refractivity contribution in [1.29, 1.82) is 0 Å². The van der Waals surface area contributed by atoms with Gasteiger partial charge in [-0.25, -0.2) is 0 Å². The predicted octanol–water partition coefficient (Wildman–Crippen LogP) is 3.21. The molecule has 0 saturated heterocycles. The zero-order valence-electron chi connectivity index (χ0n) is 9.71. The minimum Gasteiger partial charge on any atom is -0.494 e. The van der Waals surface area contributed by atoms with E-state index in [0.29, 0.717) is 12.5 Å². The molecule has 1 rings (SSSR count). The van der Waals surface area contributed by atoms with Crippen LogP contribution in [0.1, 0.15) is 25.0 Å². The van der Waals surface area contributed by atoms with Crippen LogP contribution in [0, 0.1) is 25.2 Å². The summed E-state index contributed by atoms with van der Waals surface area (Å²) in [7, 11) is 0. The molecule has 1 aromatic carbocycles. The van der Waals surface area contributed by atoms with Crippen molar-refractivity contribution in [1.82, 2.24) is 0 Å². The molecule has 0 aliphatic rings. The van der Waals surface area contributed by atoms with E-state index in [1.807, 2.05) is 13.0 Å². The normalized spacial score (nSPS) is 11.9. The number of benzene rings is 1. The van der Waals surface area contributed by atoms with E-state index < -0.39 is 0 Å². The van der Waals surface area contributed by atoms with Crippen LogP contribution in [-0.4, -0.2) is 6.61 Å². The number of hydrogen-bond donors (Lipinski definition) is 0. The molecular weight excluding hydrogens is 184 g/mol. The maximum absolute atomic E-state index is 5.43. The molecule has 0 saturated carbocycles. The lowest BCUT2D eigenvalue weighted by molar-refractivity contribution is 0.340. The van der Waals surface area contributed by atoms with Gasteiger partial charge >= 0.3 is 0 Å². The quantitative estimate of drug-likeness (QED) is 0.681. The third-order valence-corrected chi connectivity index (χ3v) is 2.44. The van der Waals surface area contributed by atoms with Crippen molar-refractivity contribution in [2.24, 2.45) is 5.92 Å². The van der Waals surface area contributed by atoms with E-state index in [9.17, 15) is 0 Å². The lowest BCUT2D eigenvalue weighted by Gasteiger charge is -2.10. The number of terminal acetylenes is 1. The molecule has 1 heteroatoms. The van der Waals surface area contributed by atoms with Gasteiger partial charge in [0.25, 0.3) is 0 Å². The molecule has 0 radical (unpaired) electrons. The zero-order valence-corrected chi connectivity index (χ0v) is 9.71. The van der Waals surface area contributed by atoms with E-state index in [0.717, 1.165) is 12.2 Å². The van der Waals surface area contributed by atoms with Crippen LogP contribution in [0.3, 0.4) is 0 Å². The predicted molar refractivity (Wildman–Crippen MR) is 64.0 cm³/mol. The highest BCUT2D eigenvalue weighted by Gasteiger charge is 2.04. The van der Waals surface area contributed by atoms with Gasteiger partial charge in [0.15, 0.2) is 0 Å². The van der Waals surface area contributed by atoms with Gasteiger partial charge < -0.3 is 4.74 Å². The highest BCUT2D eigenvalue weighted by atomic mass is 16.5. The molecule has 1 aromatic rings. The van der Waals surface area contributed by atoms with Crippen LogP contribution < -0.4 is 4.74 Å². The molecule has 0 heterocycles. The standard InChI is InChI=1S/C14H18O/c1-5-11(3)9-13-7-8-14(15-6-2)10-12(13)4/h1,7-8,10-11H,6,9H2,2-4H3. The Bertz CT molecular complexity index is 360. The van der Waals surface area contributed by atoms with E-state index in [1.54, 1.807) is 0 Å². The largest absolute Gasteiger partial charge is 0.494 e. The molecule has 0 aliphatic carbocycles. The summed E-state index contributed by atoms with van der Waals surface area (Å²) in [6.45, 7) is 6.86. The molecule has 80 valence electrons. The van der Waals surface area contributed by atoms with Gasteiger partial charge in [0.05, 0.1) is 6.61 Å². The fourth-order valence-electron chi connectivity index (χ4n) is 1.54. The number of rotatable bonds is 4. The molecule has 15 heavy (non-hydrogen) atoms. The highest BCUT2D eigenvalue weighted by Crippen LogP contribution is 2.19. The molecule has 0 aliphatic heterocycles. The van der Waals surface area contributed by atoms with Gasteiger partial charge in [0.1, 0.15) is 5.75 Å². The third-order valence-electron chi connectivity index (χ3n) is 2.44. The Labute approximate surface area is 92.5 Å². The van der Waals surface area contributed by atoms with Gasteiger partial charge in [0.2, 0.25) is 0 Å². The second-order valence-electron chi connectivity index (χ2n) is 3.79. The first-order valence-electron chi connectivity index (χ1n) is 5.35. The Morgan fingerprint density at radius 1 is 1.47 bits per heavy atom. The molecule has 1 nitrogen and oxygen atoms in total. The second-order valence-corrected chi connectivity index (χ2v) is 3.79. The average molecular weight is 202 g/mol. The molecular formula is C14H18O. The van der Waals surface area contributed by atoms with E-state index in [2.05, 4.69) is 31.9 Å². The first-order valence-corrected chi connectivity index (χ1v) is 5.35. The lowest BCUT2D eigenvalue weighted by atomic mass is 9.98. The van der Waals surface area contributed by atoms with Crippen LogP contribution in [0.5, 0.6) is 5.75 Å². The van der Waals surface area contributed by atoms with Crippen LogP contribution in [0.4, 0.5) is 0 Å². The van der Waals surface area contributed by atoms with E-state index in [4.69, 9.17) is 11.2 Å². The number of aryl methyl sites for hydroxylation is 1. The summed E-state index contributed by atoms with van der Waals surface area (Å²) >= 11 is 0. The Balaban J connectivity index is 2.80. The van der Waals surface area contributed by atoms with Crippen LogP contribution in [0.25, 0.3) is 0 Å². The van der Waals surface area contributed by atoms with Gasteiger partial charge in [-0.05, 0) is 43.5 Å². The van der Waals surface area contributed by atoms with Crippen molar-refractivity contribution in [2.75, 3.05) is 6.61 Å². The van der Waals surface area contributed by atoms with Gasteiger partial charge in [0, 0.05) is 5.92 Å². The van der Waals surface area contributed by atoms with Crippen molar-refractivity contribution >= 4 is 0 Å². The van der Waals surface area contributed by atoms with Crippen molar-refractivity contribution < 1.29 is 4.74 Å². The van der Waals surface area contributed by atoms with Crippen LogP contribution in [0.2, 0.25) is 0 Å². The monoisotopic (exact) mass is 202 g/mol. The van der Waals surface area contributed by atoms with Crippen molar-refractivity contribution in [3.8, 4) is 18.1 Å². The highest BCUT2D eigenvalue weighted by molar-refractivity contribution is 5.35. The summed E-state index contributed by atoms with van der Waals surface area (Å²) < 4.78 is 5.43. The summed E-state index contributed by atoms with van der Waals surface area (Å²) in [6, 6.07) is 6.19. The van der Waals surface area contributed by atoms with Gasteiger partial charge in [-0.15, -0.1) is 12.3 Å². The minimum atomic E-state index is 0.293. The molecule has 0 fully saturated rings. The SMILES string of the molecule is C#CC(C)Cc1ccc(OCC)cc1C. The van der Waals surface area contributed by atoms with Crippen LogP contribution >= 0.6 is 0 Å². The van der Waals surface area contributed by atoms with Crippen molar-refractivity contribution in [3.63, 3.8) is 0 Å². The first-order chi connectivity index (χ1) is 7.17. The Kier molecular flexibility index (Phi) is 4.24. The molecule has 0 amide bonds. The van der Waals surface area contributed by atoms with Gasteiger partial charge in [-0.3, -0.25) is 0 Å². The maximum atomic E-state index is 5.43. The molecule has 0 N–H and O–H groups in total. The first kappa shape index (κ1) is 11.7. The molecule has 0 bridgehead atoms. The summed E-state index contributed by atoms with van der Waals surface area (Å²) in [5.41, 5.74) is 2.56. The van der Waals surface area contributed by atoms with Crippen molar-refractivity contribution in [2.45, 2.75) is 27.2 Å². The summed E-state index contributed by atoms with van der Waals surface area (Å²) in [5, 5.41) is 0. The van der Waals surface area contributed by atoms with Gasteiger partial charge in [-0.1, -0.05) is 13.0 Å². The van der Waals surface area contributed by atoms with Crippen LogP contribution in [0.15, 0.2) is 18.2 Å².